The van der Waals surface area contributed by atoms with Gasteiger partial charge in [0.2, 0.25) is 11.8 Å². The van der Waals surface area contributed by atoms with Crippen LogP contribution in [-0.4, -0.2) is 42.5 Å². The van der Waals surface area contributed by atoms with Crippen molar-refractivity contribution >= 4 is 11.8 Å². The summed E-state index contributed by atoms with van der Waals surface area (Å²) in [5.41, 5.74) is 1.10. The van der Waals surface area contributed by atoms with E-state index in [1.54, 1.807) is 0 Å². The summed E-state index contributed by atoms with van der Waals surface area (Å²) in [5.74, 6) is -0.231. The molecule has 23 heavy (non-hydrogen) atoms. The standard InChI is InChI=1S/C18H24N2O3/c1-13(14-6-3-2-4-7-14)20-12-15(10-17(20)21)18(22)19-11-16-8-5-9-23-16/h2-4,6-7,13,15-16H,5,8-12H2,1H3,(H,19,22)/t13-,15-,16+/m1/s1. The average Bonchev–Trinajstić information content (AvgIpc) is 3.22. The van der Waals surface area contributed by atoms with Crippen molar-refractivity contribution in [3.05, 3.63) is 35.9 Å². The fourth-order valence-corrected chi connectivity index (χ4v) is 3.36. The Labute approximate surface area is 137 Å². The van der Waals surface area contributed by atoms with Gasteiger partial charge in [0.25, 0.3) is 0 Å². The maximum absolute atomic E-state index is 12.3. The lowest BCUT2D eigenvalue weighted by Crippen LogP contribution is -2.37. The molecule has 0 radical (unpaired) electrons. The first-order valence-corrected chi connectivity index (χ1v) is 8.39. The molecule has 5 nitrogen and oxygen atoms in total. The summed E-state index contributed by atoms with van der Waals surface area (Å²) in [6, 6.07) is 9.94. The quantitative estimate of drug-likeness (QED) is 0.902. The second-order valence-corrected chi connectivity index (χ2v) is 6.41. The van der Waals surface area contributed by atoms with Crippen LogP contribution in [0.25, 0.3) is 0 Å². The van der Waals surface area contributed by atoms with Crippen molar-refractivity contribution in [3.8, 4) is 0 Å². The van der Waals surface area contributed by atoms with Crippen LogP contribution in [-0.2, 0) is 14.3 Å². The second-order valence-electron chi connectivity index (χ2n) is 6.41. The van der Waals surface area contributed by atoms with Gasteiger partial charge in [0.15, 0.2) is 0 Å². The fraction of sp³-hybridized carbons (Fsp3) is 0.556. The molecule has 2 aliphatic heterocycles. The van der Waals surface area contributed by atoms with Crippen LogP contribution in [0.3, 0.4) is 0 Å². The van der Waals surface area contributed by atoms with Gasteiger partial charge in [0.1, 0.15) is 0 Å². The Balaban J connectivity index is 1.55. The van der Waals surface area contributed by atoms with Crippen LogP contribution in [0.1, 0.15) is 37.8 Å². The highest BCUT2D eigenvalue weighted by Gasteiger charge is 2.37. The van der Waals surface area contributed by atoms with E-state index in [4.69, 9.17) is 4.74 Å². The number of rotatable bonds is 5. The van der Waals surface area contributed by atoms with E-state index in [9.17, 15) is 9.59 Å². The molecule has 2 aliphatic rings. The van der Waals surface area contributed by atoms with Gasteiger partial charge >= 0.3 is 0 Å². The monoisotopic (exact) mass is 316 g/mol. The van der Waals surface area contributed by atoms with E-state index >= 15 is 0 Å². The summed E-state index contributed by atoms with van der Waals surface area (Å²) in [6.45, 7) is 3.84. The normalized spacial score (nSPS) is 25.6. The number of hydrogen-bond acceptors (Lipinski definition) is 3. The number of nitrogens with one attached hydrogen (secondary N) is 1. The molecule has 2 fully saturated rings. The third-order valence-corrected chi connectivity index (χ3v) is 4.81. The zero-order valence-corrected chi connectivity index (χ0v) is 13.5. The molecular weight excluding hydrogens is 292 g/mol. The third kappa shape index (κ3) is 3.72. The lowest BCUT2D eigenvalue weighted by molar-refractivity contribution is -0.130. The van der Waals surface area contributed by atoms with Crippen molar-refractivity contribution in [2.75, 3.05) is 19.7 Å². The molecule has 3 rings (SSSR count). The van der Waals surface area contributed by atoms with Gasteiger partial charge in [-0.2, -0.15) is 0 Å². The maximum Gasteiger partial charge on any atom is 0.225 e. The molecule has 2 saturated heterocycles. The Morgan fingerprint density at radius 3 is 2.87 bits per heavy atom. The zero-order chi connectivity index (χ0) is 16.2. The number of benzene rings is 1. The molecule has 0 aliphatic carbocycles. The third-order valence-electron chi connectivity index (χ3n) is 4.81. The summed E-state index contributed by atoms with van der Waals surface area (Å²) in [5, 5.41) is 2.94. The Morgan fingerprint density at radius 2 is 2.17 bits per heavy atom. The minimum Gasteiger partial charge on any atom is -0.376 e. The number of hydrogen-bond donors (Lipinski definition) is 1. The summed E-state index contributed by atoms with van der Waals surface area (Å²) < 4.78 is 5.51. The Hall–Kier alpha value is -1.88. The number of carbonyl (C=O) groups is 2. The predicted molar refractivity (Wildman–Crippen MR) is 86.7 cm³/mol. The molecule has 124 valence electrons. The van der Waals surface area contributed by atoms with E-state index < -0.39 is 0 Å². The molecule has 1 N–H and O–H groups in total. The maximum atomic E-state index is 12.3. The molecule has 0 bridgehead atoms. The lowest BCUT2D eigenvalue weighted by atomic mass is 10.1. The molecule has 0 aromatic heterocycles. The van der Waals surface area contributed by atoms with Crippen LogP contribution in [0.2, 0.25) is 0 Å². The van der Waals surface area contributed by atoms with Gasteiger partial charge in [-0.1, -0.05) is 30.3 Å². The van der Waals surface area contributed by atoms with Gasteiger partial charge < -0.3 is 15.0 Å². The number of ether oxygens (including phenoxy) is 1. The van der Waals surface area contributed by atoms with Gasteiger partial charge in [-0.3, -0.25) is 9.59 Å². The van der Waals surface area contributed by atoms with Crippen LogP contribution < -0.4 is 5.32 Å². The first-order valence-electron chi connectivity index (χ1n) is 8.39. The minimum atomic E-state index is -0.255. The van der Waals surface area contributed by atoms with E-state index in [0.29, 0.717) is 19.5 Å². The van der Waals surface area contributed by atoms with Crippen molar-refractivity contribution in [1.82, 2.24) is 10.2 Å². The van der Waals surface area contributed by atoms with Gasteiger partial charge in [0.05, 0.1) is 18.1 Å². The first kappa shape index (κ1) is 16.0. The fourth-order valence-electron chi connectivity index (χ4n) is 3.36. The predicted octanol–water partition coefficient (Wildman–Crippen LogP) is 1.89. The van der Waals surface area contributed by atoms with Crippen molar-refractivity contribution in [2.45, 2.75) is 38.3 Å². The molecule has 0 spiro atoms. The van der Waals surface area contributed by atoms with Crippen LogP contribution in [0, 0.1) is 5.92 Å². The summed E-state index contributed by atoms with van der Waals surface area (Å²) >= 11 is 0. The number of nitrogens with zero attached hydrogens (tertiary/aromatic N) is 1. The molecule has 0 saturated carbocycles. The first-order chi connectivity index (χ1) is 11.1. The highest BCUT2D eigenvalue weighted by molar-refractivity contribution is 5.89. The van der Waals surface area contributed by atoms with Crippen molar-refractivity contribution in [2.24, 2.45) is 5.92 Å². The van der Waals surface area contributed by atoms with Gasteiger partial charge in [-0.15, -0.1) is 0 Å². The molecule has 5 heteroatoms. The molecular formula is C18H24N2O3. The minimum absolute atomic E-state index is 0.000310. The van der Waals surface area contributed by atoms with Crippen LogP contribution in [0.5, 0.6) is 0 Å². The Bertz CT molecular complexity index is 555. The van der Waals surface area contributed by atoms with Crippen LogP contribution in [0.15, 0.2) is 30.3 Å². The molecule has 1 aromatic rings. The summed E-state index contributed by atoms with van der Waals surface area (Å²) in [7, 11) is 0. The summed E-state index contributed by atoms with van der Waals surface area (Å²) in [6.07, 6.45) is 2.50. The molecule has 1 aromatic carbocycles. The van der Waals surface area contributed by atoms with Crippen LogP contribution >= 0.6 is 0 Å². The van der Waals surface area contributed by atoms with Crippen LogP contribution in [0.4, 0.5) is 0 Å². The van der Waals surface area contributed by atoms with E-state index in [1.165, 1.54) is 0 Å². The van der Waals surface area contributed by atoms with E-state index in [1.807, 2.05) is 42.2 Å². The molecule has 2 heterocycles. The van der Waals surface area contributed by atoms with E-state index in [-0.39, 0.29) is 29.9 Å². The number of likely N-dealkylation sites (tertiary alicyclic amines) is 1. The van der Waals surface area contributed by atoms with Crippen molar-refractivity contribution in [3.63, 3.8) is 0 Å². The number of amides is 2. The van der Waals surface area contributed by atoms with Gasteiger partial charge in [-0.05, 0) is 25.3 Å². The zero-order valence-electron chi connectivity index (χ0n) is 13.5. The summed E-state index contributed by atoms with van der Waals surface area (Å²) in [4.78, 5) is 26.4. The SMILES string of the molecule is C[C@H](c1ccccc1)N1C[C@H](C(=O)NC[C@@H]2CCCO2)CC1=O. The lowest BCUT2D eigenvalue weighted by Gasteiger charge is -2.25. The highest BCUT2D eigenvalue weighted by Crippen LogP contribution is 2.28. The Kier molecular flexibility index (Phi) is 4.96. The van der Waals surface area contributed by atoms with Gasteiger partial charge in [0, 0.05) is 26.1 Å². The van der Waals surface area contributed by atoms with Crippen molar-refractivity contribution < 1.29 is 14.3 Å². The largest absolute Gasteiger partial charge is 0.376 e. The highest BCUT2D eigenvalue weighted by atomic mass is 16.5. The van der Waals surface area contributed by atoms with E-state index in [0.717, 1.165) is 25.0 Å². The average molecular weight is 316 g/mol. The number of carbonyl (C=O) groups excluding carboxylic acids is 2. The molecule has 0 unspecified atom stereocenters. The van der Waals surface area contributed by atoms with Crippen molar-refractivity contribution in [1.29, 1.82) is 0 Å². The second kappa shape index (κ2) is 7.13. The van der Waals surface area contributed by atoms with E-state index in [2.05, 4.69) is 5.32 Å². The topological polar surface area (TPSA) is 58.6 Å². The molecule has 3 atom stereocenters. The molecule has 2 amide bonds. The van der Waals surface area contributed by atoms with Gasteiger partial charge in [-0.25, -0.2) is 0 Å². The smallest absolute Gasteiger partial charge is 0.225 e. The Morgan fingerprint density at radius 1 is 1.39 bits per heavy atom.